The topological polar surface area (TPSA) is 117 Å². The molecule has 1 aliphatic heterocycles. The van der Waals surface area contributed by atoms with Crippen molar-refractivity contribution in [2.24, 2.45) is 5.92 Å². The number of aliphatic hydroxyl groups is 2. The number of rotatable bonds is 6. The lowest BCUT2D eigenvalue weighted by Gasteiger charge is -2.40. The zero-order chi connectivity index (χ0) is 25.7. The number of hydrogen-bond donors (Lipinski definition) is 2. The Kier molecular flexibility index (Phi) is 5.77. The summed E-state index contributed by atoms with van der Waals surface area (Å²) in [6.07, 6.45) is 1.57. The molecule has 0 spiro atoms. The van der Waals surface area contributed by atoms with Crippen molar-refractivity contribution in [3.63, 3.8) is 0 Å². The molecule has 0 radical (unpaired) electrons. The maximum atomic E-state index is 13.2. The highest BCUT2D eigenvalue weighted by molar-refractivity contribution is 5.78. The van der Waals surface area contributed by atoms with Crippen LogP contribution in [0.4, 0.5) is 0 Å². The maximum absolute atomic E-state index is 13.2. The number of methoxy groups -OCH3 is 4. The van der Waals surface area contributed by atoms with Gasteiger partial charge in [-0.3, -0.25) is 9.78 Å². The van der Waals surface area contributed by atoms with Crippen molar-refractivity contribution < 1.29 is 38.7 Å². The summed E-state index contributed by atoms with van der Waals surface area (Å²) in [5.41, 5.74) is -2.47. The van der Waals surface area contributed by atoms with E-state index in [0.29, 0.717) is 22.6 Å². The second-order valence-electron chi connectivity index (χ2n) is 8.79. The molecule has 3 aromatic rings. The average Bonchev–Trinajstić information content (AvgIpc) is 3.30. The Morgan fingerprint density at radius 2 is 1.72 bits per heavy atom. The van der Waals surface area contributed by atoms with Gasteiger partial charge in [-0.05, 0) is 29.3 Å². The van der Waals surface area contributed by atoms with E-state index in [2.05, 4.69) is 4.98 Å². The maximum Gasteiger partial charge on any atom is 0.312 e. The fraction of sp³-hybridized carbons (Fsp3) is 0.333. The van der Waals surface area contributed by atoms with Crippen LogP contribution in [0.25, 0.3) is 0 Å². The normalized spacial score (nSPS) is 28.0. The Morgan fingerprint density at radius 1 is 1.00 bits per heavy atom. The van der Waals surface area contributed by atoms with Gasteiger partial charge in [-0.1, -0.05) is 18.2 Å². The molecule has 0 amide bonds. The van der Waals surface area contributed by atoms with E-state index in [1.807, 2.05) is 0 Å². The van der Waals surface area contributed by atoms with Crippen molar-refractivity contribution in [1.82, 2.24) is 4.98 Å². The molecule has 0 bridgehead atoms. The van der Waals surface area contributed by atoms with Crippen LogP contribution in [-0.4, -0.2) is 55.7 Å². The highest BCUT2D eigenvalue weighted by atomic mass is 16.6. The number of esters is 1. The van der Waals surface area contributed by atoms with Crippen LogP contribution in [0.2, 0.25) is 0 Å². The second kappa shape index (κ2) is 8.69. The van der Waals surface area contributed by atoms with Crippen LogP contribution in [0.15, 0.2) is 60.9 Å². The molecule has 5 rings (SSSR count). The first kappa shape index (κ1) is 23.9. The Hall–Kier alpha value is -3.82. The Morgan fingerprint density at radius 3 is 2.31 bits per heavy atom. The summed E-state index contributed by atoms with van der Waals surface area (Å²) in [4.78, 5) is 17.4. The first-order valence-electron chi connectivity index (χ1n) is 11.4. The summed E-state index contributed by atoms with van der Waals surface area (Å²) >= 11 is 0. The molecule has 36 heavy (non-hydrogen) atoms. The third-order valence-electron chi connectivity index (χ3n) is 7.31. The van der Waals surface area contributed by atoms with E-state index >= 15 is 0 Å². The van der Waals surface area contributed by atoms with Crippen LogP contribution in [0.5, 0.6) is 23.0 Å². The second-order valence-corrected chi connectivity index (χ2v) is 8.79. The summed E-state index contributed by atoms with van der Waals surface area (Å²) < 4.78 is 28.2. The number of pyridine rings is 1. The smallest absolute Gasteiger partial charge is 0.312 e. The Balaban J connectivity index is 1.88. The predicted octanol–water partition coefficient (Wildman–Crippen LogP) is 2.53. The van der Waals surface area contributed by atoms with Gasteiger partial charge in [0.25, 0.3) is 0 Å². The molecule has 1 aromatic heterocycles. The molecule has 2 aromatic carbocycles. The fourth-order valence-corrected chi connectivity index (χ4v) is 5.80. The van der Waals surface area contributed by atoms with Gasteiger partial charge < -0.3 is 33.9 Å². The summed E-state index contributed by atoms with van der Waals surface area (Å²) in [6.45, 7) is 0. The number of fused-ring (bicyclic) bond motifs is 3. The quantitative estimate of drug-likeness (QED) is 0.500. The molecule has 1 fully saturated rings. The van der Waals surface area contributed by atoms with Crippen molar-refractivity contribution in [1.29, 1.82) is 0 Å². The SMILES string of the molecule is COC(=O)[C@H]1[C@@H](O)[C@@]2(O)c3c(OC)cc(OC)cc3O[C@@]2(c2ccc(OC)cc2)[C@@H]1c1cccnc1. The summed E-state index contributed by atoms with van der Waals surface area (Å²) in [5, 5.41) is 24.5. The standard InChI is InChI=1S/C27H27NO8/c1-32-17-9-7-16(8-10-17)27-22(15-6-5-11-28-14-15)21(25(30)35-4)24(29)26(27,31)23-19(34-3)12-18(33-2)13-20(23)36-27/h5-14,21-22,24,29,31H,1-4H3/t21-,22-,24-,26+,27+/m1/s1. The first-order valence-corrected chi connectivity index (χ1v) is 11.4. The van der Waals surface area contributed by atoms with Crippen LogP contribution in [-0.2, 0) is 20.7 Å². The number of aliphatic hydroxyl groups excluding tert-OH is 1. The molecule has 2 N–H and O–H groups in total. The van der Waals surface area contributed by atoms with Crippen LogP contribution in [0.3, 0.4) is 0 Å². The zero-order valence-electron chi connectivity index (χ0n) is 20.3. The van der Waals surface area contributed by atoms with Crippen molar-refractivity contribution in [3.05, 3.63) is 77.6 Å². The fourth-order valence-electron chi connectivity index (χ4n) is 5.80. The molecule has 1 saturated carbocycles. The largest absolute Gasteiger partial charge is 0.497 e. The third kappa shape index (κ3) is 3.02. The Labute approximate surface area is 208 Å². The van der Waals surface area contributed by atoms with Crippen LogP contribution >= 0.6 is 0 Å². The number of ether oxygens (including phenoxy) is 5. The number of benzene rings is 2. The van der Waals surface area contributed by atoms with E-state index in [1.165, 1.54) is 21.3 Å². The van der Waals surface area contributed by atoms with Gasteiger partial charge in [0.05, 0.1) is 39.9 Å². The average molecular weight is 494 g/mol. The lowest BCUT2D eigenvalue weighted by atomic mass is 9.71. The van der Waals surface area contributed by atoms with E-state index in [9.17, 15) is 15.0 Å². The molecule has 188 valence electrons. The van der Waals surface area contributed by atoms with E-state index in [4.69, 9.17) is 23.7 Å². The lowest BCUT2D eigenvalue weighted by Crippen LogP contribution is -2.52. The molecule has 0 saturated heterocycles. The van der Waals surface area contributed by atoms with Crippen LogP contribution in [0.1, 0.15) is 22.6 Å². The van der Waals surface area contributed by atoms with E-state index in [-0.39, 0.29) is 17.1 Å². The highest BCUT2D eigenvalue weighted by Gasteiger charge is 2.78. The van der Waals surface area contributed by atoms with Gasteiger partial charge in [0.1, 0.15) is 29.1 Å². The molecule has 0 unspecified atom stereocenters. The molecule has 1 aliphatic carbocycles. The van der Waals surface area contributed by atoms with Gasteiger partial charge in [0.15, 0.2) is 11.2 Å². The summed E-state index contributed by atoms with van der Waals surface area (Å²) in [6, 6.07) is 13.7. The first-order chi connectivity index (χ1) is 17.4. The zero-order valence-corrected chi connectivity index (χ0v) is 20.3. The number of aromatic nitrogens is 1. The molecular weight excluding hydrogens is 466 g/mol. The molecular formula is C27H27NO8. The number of carbonyl (C=O) groups is 1. The minimum atomic E-state index is -2.12. The monoisotopic (exact) mass is 493 g/mol. The van der Waals surface area contributed by atoms with Gasteiger partial charge in [-0.25, -0.2) is 0 Å². The number of hydrogen-bond acceptors (Lipinski definition) is 9. The van der Waals surface area contributed by atoms with Crippen molar-refractivity contribution in [2.45, 2.75) is 23.2 Å². The third-order valence-corrected chi connectivity index (χ3v) is 7.31. The van der Waals surface area contributed by atoms with Gasteiger partial charge in [0, 0.05) is 30.4 Å². The molecule has 9 heteroatoms. The summed E-state index contributed by atoms with van der Waals surface area (Å²) in [5.74, 6) is -1.23. The van der Waals surface area contributed by atoms with E-state index < -0.39 is 35.1 Å². The van der Waals surface area contributed by atoms with E-state index in [0.717, 1.165) is 0 Å². The van der Waals surface area contributed by atoms with Gasteiger partial charge in [0.2, 0.25) is 0 Å². The molecule has 2 heterocycles. The number of nitrogens with zero attached hydrogens (tertiary/aromatic N) is 1. The molecule has 2 aliphatic rings. The minimum Gasteiger partial charge on any atom is -0.497 e. The summed E-state index contributed by atoms with van der Waals surface area (Å²) in [7, 11) is 5.75. The molecule has 9 nitrogen and oxygen atoms in total. The number of carbonyl (C=O) groups excluding carboxylic acids is 1. The van der Waals surface area contributed by atoms with Crippen LogP contribution in [0, 0.1) is 5.92 Å². The van der Waals surface area contributed by atoms with E-state index in [1.54, 1.807) is 68.0 Å². The van der Waals surface area contributed by atoms with Gasteiger partial charge in [-0.15, -0.1) is 0 Å². The van der Waals surface area contributed by atoms with Crippen molar-refractivity contribution >= 4 is 5.97 Å². The minimum absolute atomic E-state index is 0.217. The van der Waals surface area contributed by atoms with Gasteiger partial charge >= 0.3 is 5.97 Å². The molecule has 5 atom stereocenters. The Bertz CT molecular complexity index is 1280. The van der Waals surface area contributed by atoms with Crippen LogP contribution < -0.4 is 18.9 Å². The van der Waals surface area contributed by atoms with Gasteiger partial charge in [-0.2, -0.15) is 0 Å². The van der Waals surface area contributed by atoms with Crippen molar-refractivity contribution in [2.75, 3.05) is 28.4 Å². The van der Waals surface area contributed by atoms with Crippen molar-refractivity contribution in [3.8, 4) is 23.0 Å². The predicted molar refractivity (Wildman–Crippen MR) is 127 cm³/mol. The highest BCUT2D eigenvalue weighted by Crippen LogP contribution is 2.70. The lowest BCUT2D eigenvalue weighted by molar-refractivity contribution is -0.161.